The number of hydrogen-bond acceptors (Lipinski definition) is 2. The highest BCUT2D eigenvalue weighted by Crippen LogP contribution is 2.19. The molecule has 0 aromatic heterocycles. The Morgan fingerprint density at radius 1 is 1.33 bits per heavy atom. The molecule has 1 unspecified atom stereocenters. The molecule has 0 spiro atoms. The zero-order chi connectivity index (χ0) is 6.91. The number of hydrogen-bond donors (Lipinski definition) is 0. The van der Waals surface area contributed by atoms with E-state index in [4.69, 9.17) is 0 Å². The maximum absolute atomic E-state index is 12.4. The first-order chi connectivity index (χ1) is 4.13. The standard InChI is InChI=1S/C5H9FO2S/c6-5-3-1-2-4-9(5,7)8/h5H,1-4H2. The lowest BCUT2D eigenvalue weighted by atomic mass is 10.3. The van der Waals surface area contributed by atoms with Crippen LogP contribution in [0.15, 0.2) is 0 Å². The van der Waals surface area contributed by atoms with E-state index in [0.717, 1.165) is 0 Å². The highest BCUT2D eigenvalue weighted by atomic mass is 32.2. The van der Waals surface area contributed by atoms with E-state index in [9.17, 15) is 12.8 Å². The Labute approximate surface area is 54.0 Å². The molecule has 0 aromatic carbocycles. The number of alkyl halides is 1. The lowest BCUT2D eigenvalue weighted by Crippen LogP contribution is -2.24. The number of rotatable bonds is 0. The quantitative estimate of drug-likeness (QED) is 0.516. The van der Waals surface area contributed by atoms with Crippen LogP contribution in [0.4, 0.5) is 4.39 Å². The third kappa shape index (κ3) is 1.41. The lowest BCUT2D eigenvalue weighted by Gasteiger charge is -2.14. The van der Waals surface area contributed by atoms with E-state index in [-0.39, 0.29) is 12.2 Å². The molecule has 0 aromatic rings. The number of sulfone groups is 1. The summed E-state index contributed by atoms with van der Waals surface area (Å²) in [5.74, 6) is 0.0359. The Balaban J connectivity index is 2.72. The molecule has 1 fully saturated rings. The van der Waals surface area contributed by atoms with Crippen molar-refractivity contribution in [2.24, 2.45) is 0 Å². The first-order valence-corrected chi connectivity index (χ1v) is 4.70. The number of halogens is 1. The van der Waals surface area contributed by atoms with Gasteiger partial charge in [0, 0.05) is 0 Å². The van der Waals surface area contributed by atoms with Crippen molar-refractivity contribution in [2.75, 3.05) is 5.75 Å². The summed E-state index contributed by atoms with van der Waals surface area (Å²) in [6.07, 6.45) is 1.53. The van der Waals surface area contributed by atoms with Crippen LogP contribution in [0.2, 0.25) is 0 Å². The summed E-state index contributed by atoms with van der Waals surface area (Å²) in [5, 5.41) is 0. The van der Waals surface area contributed by atoms with Gasteiger partial charge in [0.05, 0.1) is 5.75 Å². The molecule has 4 heteroatoms. The first kappa shape index (κ1) is 6.99. The van der Waals surface area contributed by atoms with Gasteiger partial charge in [-0.05, 0) is 19.3 Å². The molecular weight excluding hydrogens is 143 g/mol. The van der Waals surface area contributed by atoms with Crippen molar-refractivity contribution in [3.63, 3.8) is 0 Å². The molecular formula is C5H9FO2S. The highest BCUT2D eigenvalue weighted by Gasteiger charge is 2.27. The van der Waals surface area contributed by atoms with Gasteiger partial charge in [0.2, 0.25) is 5.50 Å². The summed E-state index contributed by atoms with van der Waals surface area (Å²) in [4.78, 5) is 0. The second-order valence-corrected chi connectivity index (χ2v) is 4.52. The molecule has 2 nitrogen and oxygen atoms in total. The van der Waals surface area contributed by atoms with E-state index in [2.05, 4.69) is 0 Å². The molecule has 1 atom stereocenters. The van der Waals surface area contributed by atoms with Crippen LogP contribution in [0.3, 0.4) is 0 Å². The van der Waals surface area contributed by atoms with Gasteiger partial charge in [-0.1, -0.05) is 0 Å². The molecule has 0 amide bonds. The summed E-state index contributed by atoms with van der Waals surface area (Å²) in [7, 11) is -3.33. The summed E-state index contributed by atoms with van der Waals surface area (Å²) in [5.41, 5.74) is -1.58. The molecule has 1 heterocycles. The van der Waals surface area contributed by atoms with Gasteiger partial charge in [0.25, 0.3) is 0 Å². The van der Waals surface area contributed by atoms with E-state index in [0.29, 0.717) is 12.8 Å². The van der Waals surface area contributed by atoms with Crippen LogP contribution in [0.25, 0.3) is 0 Å². The topological polar surface area (TPSA) is 34.1 Å². The maximum atomic E-state index is 12.4. The normalized spacial score (nSPS) is 34.1. The van der Waals surface area contributed by atoms with Gasteiger partial charge in [-0.2, -0.15) is 0 Å². The van der Waals surface area contributed by atoms with Crippen molar-refractivity contribution in [1.29, 1.82) is 0 Å². The van der Waals surface area contributed by atoms with Crippen molar-refractivity contribution >= 4 is 9.84 Å². The van der Waals surface area contributed by atoms with Gasteiger partial charge in [-0.25, -0.2) is 12.8 Å². The van der Waals surface area contributed by atoms with E-state index in [1.807, 2.05) is 0 Å². The Kier molecular flexibility index (Phi) is 1.75. The SMILES string of the molecule is O=S1(=O)CCCCC1F. The zero-order valence-corrected chi connectivity index (χ0v) is 5.82. The predicted molar refractivity (Wildman–Crippen MR) is 32.5 cm³/mol. The van der Waals surface area contributed by atoms with E-state index < -0.39 is 15.3 Å². The lowest BCUT2D eigenvalue weighted by molar-refractivity contribution is 0.376. The second-order valence-electron chi connectivity index (χ2n) is 2.27. The molecule has 1 saturated heterocycles. The first-order valence-electron chi connectivity index (χ1n) is 2.98. The van der Waals surface area contributed by atoms with Gasteiger partial charge in [0.1, 0.15) is 0 Å². The third-order valence-corrected chi connectivity index (χ3v) is 3.37. The molecule has 0 bridgehead atoms. The molecule has 0 radical (unpaired) electrons. The van der Waals surface area contributed by atoms with Gasteiger partial charge in [-0.3, -0.25) is 0 Å². The minimum absolute atomic E-state index is 0.0359. The summed E-state index contributed by atoms with van der Waals surface area (Å²) in [6, 6.07) is 0. The van der Waals surface area contributed by atoms with Crippen LogP contribution in [0.5, 0.6) is 0 Å². The highest BCUT2D eigenvalue weighted by molar-refractivity contribution is 7.91. The summed E-state index contributed by atoms with van der Waals surface area (Å²) >= 11 is 0. The molecule has 1 aliphatic heterocycles. The molecule has 1 rings (SSSR count). The minimum atomic E-state index is -3.33. The van der Waals surface area contributed by atoms with Crippen molar-refractivity contribution in [1.82, 2.24) is 0 Å². The zero-order valence-electron chi connectivity index (χ0n) is 5.01. The Morgan fingerprint density at radius 2 is 2.00 bits per heavy atom. The summed E-state index contributed by atoms with van der Waals surface area (Å²) in [6.45, 7) is 0. The van der Waals surface area contributed by atoms with E-state index in [1.54, 1.807) is 0 Å². The molecule has 9 heavy (non-hydrogen) atoms. The average Bonchev–Trinajstić information content (AvgIpc) is 1.77. The molecule has 0 aliphatic carbocycles. The fraction of sp³-hybridized carbons (Fsp3) is 1.00. The smallest absolute Gasteiger partial charge is 0.200 e. The van der Waals surface area contributed by atoms with Crippen LogP contribution in [0, 0.1) is 0 Å². The van der Waals surface area contributed by atoms with Gasteiger partial charge >= 0.3 is 0 Å². The molecule has 1 aliphatic rings. The van der Waals surface area contributed by atoms with Crippen LogP contribution in [0.1, 0.15) is 19.3 Å². The van der Waals surface area contributed by atoms with Gasteiger partial charge < -0.3 is 0 Å². The maximum Gasteiger partial charge on any atom is 0.200 e. The van der Waals surface area contributed by atoms with E-state index in [1.165, 1.54) is 0 Å². The second kappa shape index (κ2) is 2.25. The third-order valence-electron chi connectivity index (χ3n) is 1.50. The van der Waals surface area contributed by atoms with Crippen molar-refractivity contribution < 1.29 is 12.8 Å². The Hall–Kier alpha value is -0.120. The fourth-order valence-corrected chi connectivity index (χ4v) is 2.30. The van der Waals surface area contributed by atoms with Crippen molar-refractivity contribution in [3.8, 4) is 0 Å². The van der Waals surface area contributed by atoms with Crippen LogP contribution < -0.4 is 0 Å². The van der Waals surface area contributed by atoms with Gasteiger partial charge in [0.15, 0.2) is 9.84 Å². The van der Waals surface area contributed by atoms with Crippen LogP contribution >= 0.6 is 0 Å². The molecule has 0 saturated carbocycles. The molecule has 0 N–H and O–H groups in total. The molecule has 54 valence electrons. The van der Waals surface area contributed by atoms with Crippen molar-refractivity contribution in [2.45, 2.75) is 24.8 Å². The van der Waals surface area contributed by atoms with E-state index >= 15 is 0 Å². The minimum Gasteiger partial charge on any atom is -0.230 e. The Morgan fingerprint density at radius 3 is 2.33 bits per heavy atom. The summed E-state index contributed by atoms with van der Waals surface area (Å²) < 4.78 is 33.6. The predicted octanol–water partition coefficient (Wildman–Crippen LogP) is 0.881. The van der Waals surface area contributed by atoms with Crippen LogP contribution in [-0.4, -0.2) is 19.7 Å². The monoisotopic (exact) mass is 152 g/mol. The van der Waals surface area contributed by atoms with Gasteiger partial charge in [-0.15, -0.1) is 0 Å². The largest absolute Gasteiger partial charge is 0.230 e. The fourth-order valence-electron chi connectivity index (χ4n) is 0.916. The average molecular weight is 152 g/mol. The Bertz CT molecular complexity index is 185. The van der Waals surface area contributed by atoms with Crippen LogP contribution in [-0.2, 0) is 9.84 Å². The van der Waals surface area contributed by atoms with Crippen molar-refractivity contribution in [3.05, 3.63) is 0 Å².